The highest BCUT2D eigenvalue weighted by atomic mass is 16.1. The van der Waals surface area contributed by atoms with Crippen molar-refractivity contribution in [2.24, 2.45) is 0 Å². The zero-order valence-corrected chi connectivity index (χ0v) is 10.0. The number of benzene rings is 2. The SMILES string of the molecule is Cc1ccc(C(=O)c2ccc(C)c(N)c2)cc1. The molecule has 0 aliphatic rings. The third-order valence-electron chi connectivity index (χ3n) is 2.86. The number of anilines is 1. The van der Waals surface area contributed by atoms with E-state index in [2.05, 4.69) is 0 Å². The highest BCUT2D eigenvalue weighted by molar-refractivity contribution is 6.09. The van der Waals surface area contributed by atoms with Crippen LogP contribution in [0.2, 0.25) is 0 Å². The number of nitrogen functional groups attached to an aromatic ring is 1. The summed E-state index contributed by atoms with van der Waals surface area (Å²) in [5, 5.41) is 0. The van der Waals surface area contributed by atoms with E-state index >= 15 is 0 Å². The molecule has 2 heteroatoms. The molecule has 0 fully saturated rings. The van der Waals surface area contributed by atoms with Crippen molar-refractivity contribution in [2.45, 2.75) is 13.8 Å². The van der Waals surface area contributed by atoms with Crippen LogP contribution < -0.4 is 5.73 Å². The average Bonchev–Trinajstić information content (AvgIpc) is 2.33. The van der Waals surface area contributed by atoms with Crippen LogP contribution >= 0.6 is 0 Å². The summed E-state index contributed by atoms with van der Waals surface area (Å²) in [5.74, 6) is 0.0108. The topological polar surface area (TPSA) is 43.1 Å². The van der Waals surface area contributed by atoms with Crippen LogP contribution in [0.5, 0.6) is 0 Å². The zero-order valence-electron chi connectivity index (χ0n) is 10.0. The molecule has 2 rings (SSSR count). The predicted molar refractivity (Wildman–Crippen MR) is 70.2 cm³/mol. The monoisotopic (exact) mass is 225 g/mol. The molecule has 0 atom stereocenters. The number of ketones is 1. The molecule has 0 spiro atoms. The predicted octanol–water partition coefficient (Wildman–Crippen LogP) is 3.12. The van der Waals surface area contributed by atoms with Gasteiger partial charge in [-0.2, -0.15) is 0 Å². The summed E-state index contributed by atoms with van der Waals surface area (Å²) in [6, 6.07) is 13.0. The number of aryl methyl sites for hydroxylation is 2. The number of nitrogens with two attached hydrogens (primary N) is 1. The Balaban J connectivity index is 2.37. The maximum Gasteiger partial charge on any atom is 0.193 e. The van der Waals surface area contributed by atoms with Crippen molar-refractivity contribution in [3.8, 4) is 0 Å². The van der Waals surface area contributed by atoms with Crippen LogP contribution in [0.3, 0.4) is 0 Å². The van der Waals surface area contributed by atoms with Crippen molar-refractivity contribution in [1.82, 2.24) is 0 Å². The van der Waals surface area contributed by atoms with Crippen LogP contribution in [-0.4, -0.2) is 5.78 Å². The van der Waals surface area contributed by atoms with Crippen molar-refractivity contribution in [3.05, 3.63) is 64.7 Å². The quantitative estimate of drug-likeness (QED) is 0.630. The Hall–Kier alpha value is -2.09. The van der Waals surface area contributed by atoms with Gasteiger partial charge in [-0.05, 0) is 25.5 Å². The minimum atomic E-state index is 0.0108. The van der Waals surface area contributed by atoms with Crippen molar-refractivity contribution in [1.29, 1.82) is 0 Å². The molecular formula is C15H15NO. The van der Waals surface area contributed by atoms with E-state index in [0.29, 0.717) is 16.8 Å². The Morgan fingerprint density at radius 3 is 2.12 bits per heavy atom. The van der Waals surface area contributed by atoms with E-state index in [-0.39, 0.29) is 5.78 Å². The van der Waals surface area contributed by atoms with Crippen LogP contribution in [0, 0.1) is 13.8 Å². The maximum absolute atomic E-state index is 12.2. The van der Waals surface area contributed by atoms with Gasteiger partial charge in [0.1, 0.15) is 0 Å². The molecule has 0 aliphatic carbocycles. The van der Waals surface area contributed by atoms with Gasteiger partial charge in [0.25, 0.3) is 0 Å². The average molecular weight is 225 g/mol. The molecule has 0 heterocycles. The Bertz CT molecular complexity index is 556. The second kappa shape index (κ2) is 4.42. The molecule has 0 saturated heterocycles. The lowest BCUT2D eigenvalue weighted by molar-refractivity contribution is 0.103. The third-order valence-corrected chi connectivity index (χ3v) is 2.86. The fourth-order valence-corrected chi connectivity index (χ4v) is 1.65. The fraction of sp³-hybridized carbons (Fsp3) is 0.133. The van der Waals surface area contributed by atoms with E-state index < -0.39 is 0 Å². The van der Waals surface area contributed by atoms with Crippen molar-refractivity contribution in [2.75, 3.05) is 5.73 Å². The van der Waals surface area contributed by atoms with Crippen molar-refractivity contribution >= 4 is 11.5 Å². The number of hydrogen-bond acceptors (Lipinski definition) is 2. The first-order chi connectivity index (χ1) is 8.08. The summed E-state index contributed by atoms with van der Waals surface area (Å²) in [4.78, 5) is 12.2. The molecule has 0 amide bonds. The molecular weight excluding hydrogens is 210 g/mol. The van der Waals surface area contributed by atoms with Crippen LogP contribution in [-0.2, 0) is 0 Å². The van der Waals surface area contributed by atoms with Crippen molar-refractivity contribution < 1.29 is 4.79 Å². The standard InChI is InChI=1S/C15H15NO/c1-10-3-6-12(7-4-10)15(17)13-8-5-11(2)14(16)9-13/h3-9H,16H2,1-2H3. The van der Waals surface area contributed by atoms with Gasteiger partial charge in [0, 0.05) is 16.8 Å². The molecule has 0 aliphatic heterocycles. The van der Waals surface area contributed by atoms with Crippen LogP contribution in [0.25, 0.3) is 0 Å². The maximum atomic E-state index is 12.2. The summed E-state index contributed by atoms with van der Waals surface area (Å²) in [6.45, 7) is 3.92. The largest absolute Gasteiger partial charge is 0.398 e. The van der Waals surface area contributed by atoms with E-state index in [1.54, 1.807) is 6.07 Å². The Kier molecular flexibility index (Phi) is 2.96. The molecule has 0 radical (unpaired) electrons. The summed E-state index contributed by atoms with van der Waals surface area (Å²) >= 11 is 0. The molecule has 0 aromatic heterocycles. The molecule has 2 aromatic rings. The van der Waals surface area contributed by atoms with Gasteiger partial charge in [-0.15, -0.1) is 0 Å². The number of carbonyl (C=O) groups is 1. The van der Waals surface area contributed by atoms with Gasteiger partial charge in [-0.1, -0.05) is 42.0 Å². The molecule has 2 aromatic carbocycles. The summed E-state index contributed by atoms with van der Waals surface area (Å²) in [6.07, 6.45) is 0. The number of carbonyl (C=O) groups excluding carboxylic acids is 1. The first-order valence-corrected chi connectivity index (χ1v) is 5.55. The van der Waals surface area contributed by atoms with Gasteiger partial charge < -0.3 is 5.73 Å². The molecule has 0 unspecified atom stereocenters. The summed E-state index contributed by atoms with van der Waals surface area (Å²) < 4.78 is 0. The molecule has 17 heavy (non-hydrogen) atoms. The smallest absolute Gasteiger partial charge is 0.193 e. The Morgan fingerprint density at radius 2 is 1.53 bits per heavy atom. The number of hydrogen-bond donors (Lipinski definition) is 1. The second-order valence-corrected chi connectivity index (χ2v) is 4.27. The highest BCUT2D eigenvalue weighted by Gasteiger charge is 2.09. The van der Waals surface area contributed by atoms with Gasteiger partial charge in [-0.25, -0.2) is 0 Å². The lowest BCUT2D eigenvalue weighted by atomic mass is 10.0. The molecule has 2 N–H and O–H groups in total. The number of rotatable bonds is 2. The van der Waals surface area contributed by atoms with Gasteiger partial charge in [0.2, 0.25) is 0 Å². The van der Waals surface area contributed by atoms with E-state index in [4.69, 9.17) is 5.73 Å². The zero-order chi connectivity index (χ0) is 12.4. The second-order valence-electron chi connectivity index (χ2n) is 4.27. The van der Waals surface area contributed by atoms with Gasteiger partial charge in [0.15, 0.2) is 5.78 Å². The van der Waals surface area contributed by atoms with E-state index in [1.807, 2.05) is 50.2 Å². The van der Waals surface area contributed by atoms with Crippen LogP contribution in [0.1, 0.15) is 27.0 Å². The lowest BCUT2D eigenvalue weighted by Gasteiger charge is -2.05. The normalized spacial score (nSPS) is 10.2. The molecule has 0 bridgehead atoms. The Labute approximate surface area is 101 Å². The Morgan fingerprint density at radius 1 is 0.941 bits per heavy atom. The first kappa shape index (κ1) is 11.4. The van der Waals surface area contributed by atoms with E-state index in [0.717, 1.165) is 11.1 Å². The molecule has 86 valence electrons. The summed E-state index contributed by atoms with van der Waals surface area (Å²) in [7, 11) is 0. The fourth-order valence-electron chi connectivity index (χ4n) is 1.65. The molecule has 0 saturated carbocycles. The summed E-state index contributed by atoms with van der Waals surface area (Å²) in [5.41, 5.74) is 9.93. The van der Waals surface area contributed by atoms with E-state index in [9.17, 15) is 4.79 Å². The van der Waals surface area contributed by atoms with Gasteiger partial charge in [0.05, 0.1) is 0 Å². The van der Waals surface area contributed by atoms with Gasteiger partial charge in [-0.3, -0.25) is 4.79 Å². The van der Waals surface area contributed by atoms with Crippen LogP contribution in [0.4, 0.5) is 5.69 Å². The molecule has 2 nitrogen and oxygen atoms in total. The van der Waals surface area contributed by atoms with Crippen LogP contribution in [0.15, 0.2) is 42.5 Å². The minimum Gasteiger partial charge on any atom is -0.398 e. The third kappa shape index (κ3) is 2.36. The highest BCUT2D eigenvalue weighted by Crippen LogP contribution is 2.16. The first-order valence-electron chi connectivity index (χ1n) is 5.55. The lowest BCUT2D eigenvalue weighted by Crippen LogP contribution is -2.02. The van der Waals surface area contributed by atoms with Gasteiger partial charge >= 0.3 is 0 Å². The minimum absolute atomic E-state index is 0.0108. The van der Waals surface area contributed by atoms with Crippen molar-refractivity contribution in [3.63, 3.8) is 0 Å². The van der Waals surface area contributed by atoms with E-state index in [1.165, 1.54) is 0 Å².